The normalized spacial score (nSPS) is 19.2. The SMILES string of the molecule is CC(C)(C#Cc1nc([C@H](Cc2cc(F)cc(F)c2)NC(=O)Cn2nc(C(F)(F)F)c3c2C(F)(F)[C@@H]2C[C@H]32)c(-c2ccc(Cl)c3c(NS(C)(=O)=O)nn(CC(F)(F)F)c23)c2c1C[C@H](C(F)(F)F)C2)S(C)(=O)=O. The maximum atomic E-state index is 15.6. The smallest absolute Gasteiger partial charge is 0.346 e. The van der Waals surface area contributed by atoms with E-state index in [0.29, 0.717) is 12.3 Å². The number of sulfone groups is 1. The van der Waals surface area contributed by atoms with Crippen LogP contribution < -0.4 is 10.0 Å². The molecule has 0 aliphatic heterocycles. The van der Waals surface area contributed by atoms with Crippen LogP contribution in [0.2, 0.25) is 5.02 Å². The van der Waals surface area contributed by atoms with Gasteiger partial charge >= 0.3 is 18.5 Å². The summed E-state index contributed by atoms with van der Waals surface area (Å²) in [5.41, 5.74) is -7.80. The zero-order valence-electron chi connectivity index (χ0n) is 36.8. The van der Waals surface area contributed by atoms with Crippen molar-refractivity contribution in [1.82, 2.24) is 29.9 Å². The summed E-state index contributed by atoms with van der Waals surface area (Å²) in [4.78, 5) is 18.8. The maximum absolute atomic E-state index is 15.6. The van der Waals surface area contributed by atoms with Crippen LogP contribution in [0.15, 0.2) is 30.3 Å². The van der Waals surface area contributed by atoms with Crippen LogP contribution in [-0.2, 0) is 69.1 Å². The molecule has 8 rings (SSSR count). The summed E-state index contributed by atoms with van der Waals surface area (Å²) in [5, 5.41) is 8.51. The third-order valence-electron chi connectivity index (χ3n) is 12.5. The van der Waals surface area contributed by atoms with Crippen LogP contribution in [0.5, 0.6) is 0 Å². The Bertz CT molecular complexity index is 3340. The van der Waals surface area contributed by atoms with Gasteiger partial charge in [-0.05, 0) is 86.3 Å². The van der Waals surface area contributed by atoms with Gasteiger partial charge in [-0.3, -0.25) is 18.9 Å². The van der Waals surface area contributed by atoms with E-state index in [9.17, 15) is 69.9 Å². The second-order valence-electron chi connectivity index (χ2n) is 18.1. The van der Waals surface area contributed by atoms with Crippen molar-refractivity contribution >= 4 is 54.1 Å². The van der Waals surface area contributed by atoms with Gasteiger partial charge in [-0.1, -0.05) is 23.6 Å². The van der Waals surface area contributed by atoms with Crippen LogP contribution in [0.25, 0.3) is 22.0 Å². The molecular weight excluding hydrogens is 1040 g/mol. The van der Waals surface area contributed by atoms with E-state index in [4.69, 9.17) is 11.6 Å². The van der Waals surface area contributed by atoms with Crippen molar-refractivity contribution in [1.29, 1.82) is 0 Å². The molecule has 2 aromatic carbocycles. The maximum Gasteiger partial charge on any atom is 0.435 e. The summed E-state index contributed by atoms with van der Waals surface area (Å²) in [6.07, 6.45) is -17.2. The van der Waals surface area contributed by atoms with Crippen molar-refractivity contribution in [3.05, 3.63) is 92.0 Å². The van der Waals surface area contributed by atoms with Crippen LogP contribution in [0.1, 0.15) is 77.3 Å². The Morgan fingerprint density at radius 3 is 2.14 bits per heavy atom. The van der Waals surface area contributed by atoms with Crippen molar-refractivity contribution in [2.45, 2.75) is 93.8 Å². The molecule has 28 heteroatoms. The van der Waals surface area contributed by atoms with Crippen LogP contribution in [0.3, 0.4) is 0 Å². The first kappa shape index (κ1) is 51.7. The molecule has 382 valence electrons. The predicted octanol–water partition coefficient (Wildman–Crippen LogP) is 8.94. The van der Waals surface area contributed by atoms with Gasteiger partial charge in [0.05, 0.1) is 39.8 Å². The summed E-state index contributed by atoms with van der Waals surface area (Å²) in [6, 6.07) is 1.92. The molecular formula is C43H35ClF13N7O5S2. The standard InChI is InChI=1S/C43H35ClF13N7O5S2/c1-39(2,70(3,66)67)8-7-28-23-12-19(42(52,53)54)13-24(23)31(22-5-6-27(44)33-35(22)64(17-40(47,48)49)61-38(33)62-71(4,68)69)34(59-28)29(11-18-9-20(45)14-21(46)10-18)58-30(65)16-63-37-32(36(60-63)43(55,56)57)25-15-26(25)41(37,50)51/h5-6,9-10,14,19,25-26,29H,11-13,15-17H2,1-4H3,(H,58,65)(H,61,62)/t19-,25-,26+,29-/m0/s1. The highest BCUT2D eigenvalue weighted by Gasteiger charge is 2.68. The van der Waals surface area contributed by atoms with Crippen molar-refractivity contribution < 1.29 is 78.7 Å². The average Bonchev–Trinajstić information content (AvgIpc) is 3.42. The van der Waals surface area contributed by atoms with Gasteiger partial charge in [-0.15, -0.1) is 0 Å². The van der Waals surface area contributed by atoms with E-state index in [-0.39, 0.29) is 32.5 Å². The van der Waals surface area contributed by atoms with Crippen LogP contribution >= 0.6 is 11.6 Å². The number of fused-ring (bicyclic) bond motifs is 5. The number of anilines is 1. The number of alkyl halides is 11. The Hall–Kier alpha value is -5.62. The van der Waals surface area contributed by atoms with E-state index < -0.39 is 184 Å². The van der Waals surface area contributed by atoms with Gasteiger partial charge in [0.2, 0.25) is 15.9 Å². The lowest BCUT2D eigenvalue weighted by Gasteiger charge is -2.25. The second kappa shape index (κ2) is 17.0. The molecule has 0 unspecified atom stereocenters. The topological polar surface area (TPSA) is 158 Å². The van der Waals surface area contributed by atoms with Crippen molar-refractivity contribution in [2.75, 3.05) is 17.2 Å². The number of pyridine rings is 1. The Balaban J connectivity index is 1.44. The fourth-order valence-corrected chi connectivity index (χ4v) is 10.0. The highest BCUT2D eigenvalue weighted by atomic mass is 35.5. The van der Waals surface area contributed by atoms with Gasteiger partial charge in [-0.2, -0.15) is 58.5 Å². The molecule has 1 amide bonds. The Kier molecular flexibility index (Phi) is 12.4. The van der Waals surface area contributed by atoms with Crippen LogP contribution in [0, 0.1) is 35.3 Å². The molecule has 0 bridgehead atoms. The highest BCUT2D eigenvalue weighted by molar-refractivity contribution is 7.92. The molecule has 1 saturated carbocycles. The summed E-state index contributed by atoms with van der Waals surface area (Å²) in [7, 11) is -8.45. The summed E-state index contributed by atoms with van der Waals surface area (Å²) >= 11 is 6.51. The molecule has 0 radical (unpaired) electrons. The van der Waals surface area contributed by atoms with E-state index in [1.807, 2.05) is 4.72 Å². The quantitative estimate of drug-likeness (QED) is 0.0981. The minimum atomic E-state index is -5.27. The van der Waals surface area contributed by atoms with E-state index in [1.165, 1.54) is 0 Å². The van der Waals surface area contributed by atoms with Gasteiger partial charge < -0.3 is 5.32 Å². The fraction of sp³-hybridized carbons (Fsp3) is 0.442. The highest BCUT2D eigenvalue weighted by Crippen LogP contribution is 2.68. The minimum Gasteiger partial charge on any atom is -0.346 e. The Morgan fingerprint density at radius 2 is 1.56 bits per heavy atom. The molecule has 3 aliphatic rings. The number of nitrogens with one attached hydrogen (secondary N) is 2. The molecule has 3 aromatic heterocycles. The molecule has 0 spiro atoms. The molecule has 5 aromatic rings. The zero-order chi connectivity index (χ0) is 52.5. The molecule has 12 nitrogen and oxygen atoms in total. The Labute approximate surface area is 399 Å². The van der Waals surface area contributed by atoms with E-state index >= 15 is 8.78 Å². The number of nitrogens with zero attached hydrogens (tertiary/aromatic N) is 5. The largest absolute Gasteiger partial charge is 0.435 e. The number of carbonyl (C=O) groups is 1. The average molecular weight is 1080 g/mol. The summed E-state index contributed by atoms with van der Waals surface area (Å²) in [5.74, 6) is -8.73. The van der Waals surface area contributed by atoms with Gasteiger partial charge in [0.15, 0.2) is 21.3 Å². The second-order valence-corrected chi connectivity index (χ2v) is 22.8. The van der Waals surface area contributed by atoms with Crippen LogP contribution in [0.4, 0.5) is 62.9 Å². The number of sulfonamides is 1. The van der Waals surface area contributed by atoms with Crippen LogP contribution in [-0.4, -0.2) is 76.9 Å². The number of hydrogen-bond acceptors (Lipinski definition) is 8. The van der Waals surface area contributed by atoms with Crippen molar-refractivity contribution in [2.24, 2.45) is 11.8 Å². The lowest BCUT2D eigenvalue weighted by atomic mass is 9.88. The number of halogens is 14. The fourth-order valence-electron chi connectivity index (χ4n) is 9.06. The molecule has 0 saturated heterocycles. The third-order valence-corrected chi connectivity index (χ3v) is 15.3. The lowest BCUT2D eigenvalue weighted by molar-refractivity contribution is -0.171. The lowest BCUT2D eigenvalue weighted by Crippen LogP contribution is -2.35. The van der Waals surface area contributed by atoms with Gasteiger partial charge in [0.25, 0.3) is 5.92 Å². The first-order valence-electron chi connectivity index (χ1n) is 20.8. The number of hydrogen-bond donors (Lipinski definition) is 2. The number of carbonyl (C=O) groups excluding carboxylic acids is 1. The number of rotatable bonds is 11. The molecule has 1 fully saturated rings. The first-order chi connectivity index (χ1) is 32.4. The monoisotopic (exact) mass is 1080 g/mol. The number of benzene rings is 2. The number of amides is 1. The minimum absolute atomic E-state index is 0.127. The molecule has 2 N–H and O–H groups in total. The van der Waals surface area contributed by atoms with E-state index in [0.717, 1.165) is 44.4 Å². The molecule has 71 heavy (non-hydrogen) atoms. The summed E-state index contributed by atoms with van der Waals surface area (Å²) in [6.45, 7) is -1.12. The third kappa shape index (κ3) is 9.99. The molecule has 3 aliphatic carbocycles. The zero-order valence-corrected chi connectivity index (χ0v) is 39.2. The van der Waals surface area contributed by atoms with E-state index in [1.54, 1.807) is 0 Å². The first-order valence-corrected chi connectivity index (χ1v) is 25.0. The van der Waals surface area contributed by atoms with Gasteiger partial charge in [0.1, 0.15) is 40.9 Å². The molecule has 4 atom stereocenters. The van der Waals surface area contributed by atoms with Gasteiger partial charge in [-0.25, -0.2) is 30.6 Å². The van der Waals surface area contributed by atoms with Crippen molar-refractivity contribution in [3.63, 3.8) is 0 Å². The van der Waals surface area contributed by atoms with E-state index in [2.05, 4.69) is 32.3 Å². The van der Waals surface area contributed by atoms with Gasteiger partial charge in [0, 0.05) is 34.9 Å². The number of aromatic nitrogens is 5. The Morgan fingerprint density at radius 1 is 0.930 bits per heavy atom. The summed E-state index contributed by atoms with van der Waals surface area (Å²) < 4.78 is 242. The van der Waals surface area contributed by atoms with Crippen molar-refractivity contribution in [3.8, 4) is 23.0 Å². The predicted molar refractivity (Wildman–Crippen MR) is 228 cm³/mol. The molecule has 3 heterocycles.